The molecule has 1 aromatic rings. The molecule has 0 fully saturated rings. The zero-order valence-electron chi connectivity index (χ0n) is 13.0. The Balaban J connectivity index is 3.04. The molecule has 20 heavy (non-hydrogen) atoms. The van der Waals surface area contributed by atoms with E-state index in [2.05, 4.69) is 9.97 Å². The average Bonchev–Trinajstić information content (AvgIpc) is 2.69. The van der Waals surface area contributed by atoms with Gasteiger partial charge in [-0.25, -0.2) is 9.78 Å². The van der Waals surface area contributed by atoms with Crippen LogP contribution in [0.2, 0.25) is 0 Å². The highest BCUT2D eigenvalue weighted by atomic mass is 16.5. The van der Waals surface area contributed by atoms with Crippen LogP contribution in [0.4, 0.5) is 0 Å². The lowest BCUT2D eigenvalue weighted by atomic mass is 10.0. The molecule has 2 N–H and O–H groups in total. The van der Waals surface area contributed by atoms with E-state index in [0.717, 1.165) is 0 Å². The maximum Gasteiger partial charge on any atom is 0.357 e. The fraction of sp³-hybridized carbons (Fsp3) is 0.714. The molecule has 0 saturated carbocycles. The Morgan fingerprint density at radius 3 is 2.35 bits per heavy atom. The lowest BCUT2D eigenvalue weighted by Crippen LogP contribution is -2.22. The van der Waals surface area contributed by atoms with Gasteiger partial charge >= 0.3 is 5.97 Å². The molecule has 1 heterocycles. The Bertz CT molecular complexity index is 458. The number of ether oxygens (including phenoxy) is 2. The molecule has 0 aliphatic rings. The summed E-state index contributed by atoms with van der Waals surface area (Å²) in [6, 6.07) is 0. The van der Waals surface area contributed by atoms with E-state index in [9.17, 15) is 9.90 Å². The number of nitrogens with one attached hydrogen (secondary N) is 1. The van der Waals surface area contributed by atoms with Gasteiger partial charge in [-0.15, -0.1) is 0 Å². The number of hydrogen-bond acceptors (Lipinski definition) is 5. The van der Waals surface area contributed by atoms with E-state index >= 15 is 0 Å². The Kier molecular flexibility index (Phi) is 5.30. The smallest absolute Gasteiger partial charge is 0.357 e. The normalized spacial score (nSPS) is 12.2. The molecule has 0 amide bonds. The summed E-state index contributed by atoms with van der Waals surface area (Å²) in [6.07, 6.45) is -0.187. The number of aliphatic hydroxyl groups is 1. The van der Waals surface area contributed by atoms with Gasteiger partial charge in [0.25, 0.3) is 0 Å². The van der Waals surface area contributed by atoms with Crippen LogP contribution in [0.15, 0.2) is 0 Å². The Hall–Kier alpha value is -1.40. The van der Waals surface area contributed by atoms with E-state index in [1.54, 1.807) is 27.7 Å². The number of aromatic amines is 1. The van der Waals surface area contributed by atoms with Crippen LogP contribution in [0.1, 0.15) is 63.5 Å². The molecule has 0 saturated heterocycles. The van der Waals surface area contributed by atoms with E-state index in [1.165, 1.54) is 0 Å². The van der Waals surface area contributed by atoms with Gasteiger partial charge < -0.3 is 19.6 Å². The van der Waals surface area contributed by atoms with E-state index in [0.29, 0.717) is 5.82 Å². The van der Waals surface area contributed by atoms with Crippen LogP contribution in [0.5, 0.6) is 0 Å². The largest absolute Gasteiger partial charge is 0.458 e. The summed E-state index contributed by atoms with van der Waals surface area (Å²) in [5.74, 6) is -0.0352. The van der Waals surface area contributed by atoms with Crippen LogP contribution >= 0.6 is 0 Å². The highest BCUT2D eigenvalue weighted by Crippen LogP contribution is 2.23. The molecule has 0 aromatic carbocycles. The summed E-state index contributed by atoms with van der Waals surface area (Å²) in [6.45, 7) is 10.7. The molecule has 0 atom stereocenters. The molecule has 0 unspecified atom stereocenters. The number of imidazole rings is 1. The van der Waals surface area contributed by atoms with Crippen molar-refractivity contribution < 1.29 is 19.4 Å². The monoisotopic (exact) mass is 284 g/mol. The lowest BCUT2D eigenvalue weighted by molar-refractivity contribution is 0.0341. The minimum Gasteiger partial charge on any atom is -0.458 e. The standard InChI is InChI=1S/C14H24N2O4/c1-8(2)19-7-10-15-11(13(17)20-9(3)4)12(16-10)14(5,6)18/h8-9,18H,7H2,1-6H3,(H,15,16). The molecule has 6 nitrogen and oxygen atoms in total. The average molecular weight is 284 g/mol. The van der Waals surface area contributed by atoms with Crippen molar-refractivity contribution in [2.24, 2.45) is 0 Å². The zero-order chi connectivity index (χ0) is 15.5. The summed E-state index contributed by atoms with van der Waals surface area (Å²) in [5, 5.41) is 10.1. The molecular weight excluding hydrogens is 260 g/mol. The third kappa shape index (κ3) is 4.61. The van der Waals surface area contributed by atoms with Gasteiger partial charge in [0.15, 0.2) is 5.69 Å². The number of rotatable bonds is 6. The van der Waals surface area contributed by atoms with Gasteiger partial charge in [0.1, 0.15) is 23.7 Å². The molecule has 1 rings (SSSR count). The van der Waals surface area contributed by atoms with Gasteiger partial charge in [-0.05, 0) is 41.5 Å². The minimum absolute atomic E-state index is 0.0525. The van der Waals surface area contributed by atoms with Crippen molar-refractivity contribution in [3.8, 4) is 0 Å². The lowest BCUT2D eigenvalue weighted by Gasteiger charge is -2.16. The van der Waals surface area contributed by atoms with Crippen molar-refractivity contribution in [3.63, 3.8) is 0 Å². The van der Waals surface area contributed by atoms with E-state index < -0.39 is 11.6 Å². The number of hydrogen-bond donors (Lipinski definition) is 2. The van der Waals surface area contributed by atoms with Crippen LogP contribution in [0.25, 0.3) is 0 Å². The molecule has 0 spiro atoms. The van der Waals surface area contributed by atoms with Gasteiger partial charge in [-0.3, -0.25) is 0 Å². The summed E-state index contributed by atoms with van der Waals surface area (Å²) >= 11 is 0. The van der Waals surface area contributed by atoms with Crippen molar-refractivity contribution in [1.29, 1.82) is 0 Å². The first-order valence-corrected chi connectivity index (χ1v) is 6.75. The van der Waals surface area contributed by atoms with Crippen molar-refractivity contribution >= 4 is 5.97 Å². The third-order valence-corrected chi connectivity index (χ3v) is 2.43. The van der Waals surface area contributed by atoms with Gasteiger partial charge in [0.05, 0.1) is 12.2 Å². The van der Waals surface area contributed by atoms with Crippen molar-refractivity contribution in [3.05, 3.63) is 17.2 Å². The summed E-state index contributed by atoms with van der Waals surface area (Å²) in [7, 11) is 0. The Morgan fingerprint density at radius 2 is 1.90 bits per heavy atom. The summed E-state index contributed by atoms with van der Waals surface area (Å²) < 4.78 is 10.6. The first-order valence-electron chi connectivity index (χ1n) is 6.75. The Labute approximate surface area is 119 Å². The highest BCUT2D eigenvalue weighted by molar-refractivity contribution is 5.89. The predicted molar refractivity (Wildman–Crippen MR) is 74.3 cm³/mol. The van der Waals surface area contributed by atoms with E-state index in [-0.39, 0.29) is 30.2 Å². The fourth-order valence-corrected chi connectivity index (χ4v) is 1.60. The number of H-pyrrole nitrogens is 1. The molecular formula is C14H24N2O4. The van der Waals surface area contributed by atoms with E-state index in [1.807, 2.05) is 13.8 Å². The van der Waals surface area contributed by atoms with Gasteiger partial charge in [0.2, 0.25) is 0 Å². The second kappa shape index (κ2) is 6.37. The van der Waals surface area contributed by atoms with Crippen molar-refractivity contribution in [1.82, 2.24) is 9.97 Å². The fourth-order valence-electron chi connectivity index (χ4n) is 1.60. The quantitative estimate of drug-likeness (QED) is 0.782. The number of nitrogens with zero attached hydrogens (tertiary/aromatic N) is 1. The second-order valence-electron chi connectivity index (χ2n) is 5.78. The van der Waals surface area contributed by atoms with Crippen LogP contribution in [0.3, 0.4) is 0 Å². The van der Waals surface area contributed by atoms with Crippen LogP contribution < -0.4 is 0 Å². The number of carbonyl (C=O) groups excluding carboxylic acids is 1. The molecule has 0 aliphatic carbocycles. The van der Waals surface area contributed by atoms with Crippen molar-refractivity contribution in [2.45, 2.75) is 66.0 Å². The number of esters is 1. The Morgan fingerprint density at radius 1 is 1.30 bits per heavy atom. The van der Waals surface area contributed by atoms with E-state index in [4.69, 9.17) is 9.47 Å². The number of aromatic nitrogens is 2. The van der Waals surface area contributed by atoms with Gasteiger partial charge in [-0.2, -0.15) is 0 Å². The number of carbonyl (C=O) groups is 1. The molecule has 114 valence electrons. The third-order valence-electron chi connectivity index (χ3n) is 2.43. The summed E-state index contributed by atoms with van der Waals surface area (Å²) in [5.41, 5.74) is -0.795. The highest BCUT2D eigenvalue weighted by Gasteiger charge is 2.29. The van der Waals surface area contributed by atoms with Crippen LogP contribution in [-0.2, 0) is 21.7 Å². The maximum absolute atomic E-state index is 12.0. The maximum atomic E-state index is 12.0. The molecule has 0 radical (unpaired) electrons. The zero-order valence-corrected chi connectivity index (χ0v) is 13.0. The van der Waals surface area contributed by atoms with Crippen LogP contribution in [0, 0.1) is 0 Å². The van der Waals surface area contributed by atoms with Crippen LogP contribution in [-0.4, -0.2) is 33.3 Å². The molecule has 0 aliphatic heterocycles. The molecule has 6 heteroatoms. The van der Waals surface area contributed by atoms with Gasteiger partial charge in [0, 0.05) is 0 Å². The SMILES string of the molecule is CC(C)OCc1nc(C(C)(C)O)c(C(=O)OC(C)C)[nH]1. The first-order chi connectivity index (χ1) is 9.11. The van der Waals surface area contributed by atoms with Gasteiger partial charge in [-0.1, -0.05) is 0 Å². The molecule has 0 bridgehead atoms. The minimum atomic E-state index is -1.24. The summed E-state index contributed by atoms with van der Waals surface area (Å²) in [4.78, 5) is 19.2. The second-order valence-corrected chi connectivity index (χ2v) is 5.78. The first kappa shape index (κ1) is 16.7. The predicted octanol–water partition coefficient (Wildman–Crippen LogP) is 2.13. The van der Waals surface area contributed by atoms with Crippen molar-refractivity contribution in [2.75, 3.05) is 0 Å². The molecule has 1 aromatic heterocycles. The topological polar surface area (TPSA) is 84.4 Å².